The molecule has 0 spiro atoms. The van der Waals surface area contributed by atoms with Gasteiger partial charge in [0.05, 0.1) is 25.3 Å². The van der Waals surface area contributed by atoms with Crippen LogP contribution < -0.4 is 15.8 Å². The van der Waals surface area contributed by atoms with Gasteiger partial charge < -0.3 is 20.5 Å². The molecule has 1 aromatic rings. The summed E-state index contributed by atoms with van der Waals surface area (Å²) in [5.74, 6) is 0.502. The van der Waals surface area contributed by atoms with E-state index in [0.717, 1.165) is 5.56 Å². The molecule has 0 heterocycles. The van der Waals surface area contributed by atoms with Crippen LogP contribution in [0.3, 0.4) is 0 Å². The van der Waals surface area contributed by atoms with E-state index in [4.69, 9.17) is 10.5 Å². The number of methoxy groups -OCH3 is 1. The zero-order valence-corrected chi connectivity index (χ0v) is 14.3. The summed E-state index contributed by atoms with van der Waals surface area (Å²) in [5, 5.41) is 2.66. The van der Waals surface area contributed by atoms with Crippen LogP contribution in [0.5, 0.6) is 5.75 Å². The van der Waals surface area contributed by atoms with Crippen molar-refractivity contribution in [2.24, 2.45) is 11.7 Å². The van der Waals surface area contributed by atoms with Crippen LogP contribution in [0.1, 0.15) is 61.0 Å². The van der Waals surface area contributed by atoms with Crippen LogP contribution in [0.4, 0.5) is 4.79 Å². The Hall–Kier alpha value is -2.24. The molecule has 2 amide bonds. The Morgan fingerprint density at radius 1 is 1.29 bits per heavy atom. The Balaban J connectivity index is 2.08. The Morgan fingerprint density at radius 2 is 2.00 bits per heavy atom. The van der Waals surface area contributed by atoms with Gasteiger partial charge in [0.1, 0.15) is 5.75 Å². The quantitative estimate of drug-likeness (QED) is 0.836. The highest BCUT2D eigenvalue weighted by molar-refractivity contribution is 5.95. The number of hydrogen-bond donors (Lipinski definition) is 2. The van der Waals surface area contributed by atoms with E-state index in [-0.39, 0.29) is 6.04 Å². The van der Waals surface area contributed by atoms with E-state index in [1.54, 1.807) is 19.1 Å². The normalized spacial score (nSPS) is 16.2. The number of carbonyl (C=O) groups is 2. The summed E-state index contributed by atoms with van der Waals surface area (Å²) in [6, 6.07) is 4.93. The highest BCUT2D eigenvalue weighted by Crippen LogP contribution is 2.27. The minimum Gasteiger partial charge on any atom is -0.492 e. The number of alkyl carbamates (subject to hydrolysis) is 1. The van der Waals surface area contributed by atoms with Gasteiger partial charge in [-0.3, -0.25) is 4.79 Å². The van der Waals surface area contributed by atoms with Crippen LogP contribution in [-0.2, 0) is 4.74 Å². The highest BCUT2D eigenvalue weighted by Gasteiger charge is 2.18. The standard InChI is InChI=1S/C18H26N2O4/c1-12(20-18(22)23-2)14-8-9-16(15(10-14)17(19)21)24-11-13-6-4-3-5-7-13/h8-10,12-13H,3-7,11H2,1-2H3,(H2,19,21)(H,20,22)/t12-/m0/s1. The van der Waals surface area contributed by atoms with Gasteiger partial charge in [0.2, 0.25) is 0 Å². The summed E-state index contributed by atoms with van der Waals surface area (Å²) < 4.78 is 10.4. The Labute approximate surface area is 142 Å². The van der Waals surface area contributed by atoms with Crippen molar-refractivity contribution in [3.8, 4) is 5.75 Å². The molecule has 0 aliphatic heterocycles. The van der Waals surface area contributed by atoms with E-state index in [2.05, 4.69) is 10.1 Å². The van der Waals surface area contributed by atoms with E-state index < -0.39 is 12.0 Å². The maximum atomic E-state index is 11.8. The van der Waals surface area contributed by atoms with E-state index in [0.29, 0.717) is 23.8 Å². The lowest BCUT2D eigenvalue weighted by atomic mass is 9.90. The topological polar surface area (TPSA) is 90.7 Å². The number of rotatable bonds is 6. The van der Waals surface area contributed by atoms with Gasteiger partial charge in [-0.05, 0) is 43.4 Å². The monoisotopic (exact) mass is 334 g/mol. The van der Waals surface area contributed by atoms with Gasteiger partial charge in [0.15, 0.2) is 0 Å². The van der Waals surface area contributed by atoms with Crippen LogP contribution in [0.2, 0.25) is 0 Å². The Morgan fingerprint density at radius 3 is 2.62 bits per heavy atom. The molecule has 0 radical (unpaired) electrons. The van der Waals surface area contributed by atoms with Gasteiger partial charge in [0, 0.05) is 0 Å². The predicted octanol–water partition coefficient (Wildman–Crippen LogP) is 3.16. The molecule has 0 aromatic heterocycles. The second kappa shape index (κ2) is 8.57. The zero-order valence-electron chi connectivity index (χ0n) is 14.3. The molecule has 0 unspecified atom stereocenters. The summed E-state index contributed by atoms with van der Waals surface area (Å²) in [4.78, 5) is 23.1. The summed E-state index contributed by atoms with van der Waals surface area (Å²) in [7, 11) is 1.30. The summed E-state index contributed by atoms with van der Waals surface area (Å²) in [5.41, 5.74) is 6.59. The molecule has 2 rings (SSSR count). The van der Waals surface area contributed by atoms with Crippen molar-refractivity contribution in [3.05, 3.63) is 29.3 Å². The number of amides is 2. The number of primary amides is 1. The number of benzene rings is 1. The average molecular weight is 334 g/mol. The van der Waals surface area contributed by atoms with Crippen LogP contribution in [0.25, 0.3) is 0 Å². The largest absolute Gasteiger partial charge is 0.492 e. The maximum Gasteiger partial charge on any atom is 0.407 e. The first-order valence-corrected chi connectivity index (χ1v) is 8.42. The average Bonchev–Trinajstić information content (AvgIpc) is 2.60. The van der Waals surface area contributed by atoms with Gasteiger partial charge in [-0.25, -0.2) is 4.79 Å². The first-order valence-electron chi connectivity index (χ1n) is 8.42. The highest BCUT2D eigenvalue weighted by atomic mass is 16.5. The number of hydrogen-bond acceptors (Lipinski definition) is 4. The molecular weight excluding hydrogens is 308 g/mol. The second-order valence-electron chi connectivity index (χ2n) is 6.29. The minimum atomic E-state index is -0.541. The predicted molar refractivity (Wildman–Crippen MR) is 91.0 cm³/mol. The first-order chi connectivity index (χ1) is 11.5. The SMILES string of the molecule is COC(=O)N[C@@H](C)c1ccc(OCC2CCCCC2)c(C(N)=O)c1. The lowest BCUT2D eigenvalue weighted by Gasteiger charge is -2.22. The van der Waals surface area contributed by atoms with Crippen LogP contribution in [0, 0.1) is 5.92 Å². The van der Waals surface area contributed by atoms with Crippen molar-refractivity contribution >= 4 is 12.0 Å². The minimum absolute atomic E-state index is 0.303. The van der Waals surface area contributed by atoms with Crippen molar-refractivity contribution in [2.75, 3.05) is 13.7 Å². The summed E-state index contributed by atoms with van der Waals surface area (Å²) >= 11 is 0. The molecule has 1 aromatic carbocycles. The van der Waals surface area contributed by atoms with Crippen molar-refractivity contribution in [3.63, 3.8) is 0 Å². The number of ether oxygens (including phenoxy) is 2. The second-order valence-corrected chi connectivity index (χ2v) is 6.29. The van der Waals surface area contributed by atoms with Crippen LogP contribution in [-0.4, -0.2) is 25.7 Å². The zero-order chi connectivity index (χ0) is 17.5. The van der Waals surface area contributed by atoms with E-state index in [1.807, 2.05) is 6.07 Å². The van der Waals surface area contributed by atoms with E-state index in [9.17, 15) is 9.59 Å². The lowest BCUT2D eigenvalue weighted by molar-refractivity contribution is 0.0994. The number of nitrogens with two attached hydrogens (primary N) is 1. The van der Waals surface area contributed by atoms with Crippen LogP contribution >= 0.6 is 0 Å². The Kier molecular flexibility index (Phi) is 6.46. The van der Waals surface area contributed by atoms with E-state index >= 15 is 0 Å². The third-order valence-corrected chi connectivity index (χ3v) is 4.49. The lowest BCUT2D eigenvalue weighted by Crippen LogP contribution is -2.26. The molecular formula is C18H26N2O4. The van der Waals surface area contributed by atoms with Crippen molar-refractivity contribution in [1.82, 2.24) is 5.32 Å². The summed E-state index contributed by atoms with van der Waals surface area (Å²) in [6.45, 7) is 2.41. The van der Waals surface area contributed by atoms with Crippen molar-refractivity contribution < 1.29 is 19.1 Å². The fourth-order valence-corrected chi connectivity index (χ4v) is 3.02. The van der Waals surface area contributed by atoms with E-state index in [1.165, 1.54) is 39.2 Å². The molecule has 0 saturated heterocycles. The van der Waals surface area contributed by atoms with Gasteiger partial charge in [0.25, 0.3) is 5.91 Å². The molecule has 0 bridgehead atoms. The fraction of sp³-hybridized carbons (Fsp3) is 0.556. The molecule has 1 aliphatic rings. The number of carbonyl (C=O) groups excluding carboxylic acids is 2. The van der Waals surface area contributed by atoms with Crippen molar-refractivity contribution in [2.45, 2.75) is 45.1 Å². The molecule has 24 heavy (non-hydrogen) atoms. The third-order valence-electron chi connectivity index (χ3n) is 4.49. The van der Waals surface area contributed by atoms with Gasteiger partial charge >= 0.3 is 6.09 Å². The fourth-order valence-electron chi connectivity index (χ4n) is 3.02. The molecule has 1 atom stereocenters. The summed E-state index contributed by atoms with van der Waals surface area (Å²) in [6.07, 6.45) is 5.59. The molecule has 6 nitrogen and oxygen atoms in total. The molecule has 132 valence electrons. The maximum absolute atomic E-state index is 11.8. The molecule has 1 aliphatic carbocycles. The first kappa shape index (κ1) is 18.1. The van der Waals surface area contributed by atoms with Crippen molar-refractivity contribution in [1.29, 1.82) is 0 Å². The van der Waals surface area contributed by atoms with Gasteiger partial charge in [-0.15, -0.1) is 0 Å². The molecule has 1 saturated carbocycles. The smallest absolute Gasteiger partial charge is 0.407 e. The molecule has 6 heteroatoms. The Bertz CT molecular complexity index is 582. The van der Waals surface area contributed by atoms with Gasteiger partial charge in [-0.1, -0.05) is 25.3 Å². The van der Waals surface area contributed by atoms with Crippen LogP contribution in [0.15, 0.2) is 18.2 Å². The third kappa shape index (κ3) is 4.88. The number of nitrogens with one attached hydrogen (secondary N) is 1. The van der Waals surface area contributed by atoms with Gasteiger partial charge in [-0.2, -0.15) is 0 Å². The molecule has 3 N–H and O–H groups in total. The molecule has 1 fully saturated rings.